The molecule has 0 heterocycles. The average Bonchev–Trinajstić information content (AvgIpc) is 2.28. The van der Waals surface area contributed by atoms with Crippen molar-refractivity contribution in [2.45, 2.75) is 30.1 Å². The van der Waals surface area contributed by atoms with Gasteiger partial charge in [0.1, 0.15) is 5.75 Å². The number of hydrogen-bond acceptors (Lipinski definition) is 5. The summed E-state index contributed by atoms with van der Waals surface area (Å²) in [4.78, 5) is 11.0. The third kappa shape index (κ3) is 3.90. The third-order valence-corrected chi connectivity index (χ3v) is 3.59. The highest BCUT2D eigenvalue weighted by Crippen LogP contribution is 2.32. The monoisotopic (exact) mass is 257 g/mol. The largest absolute Gasteiger partial charge is 0.496 e. The third-order valence-electron chi connectivity index (χ3n) is 2.31. The lowest BCUT2D eigenvalue weighted by Gasteiger charge is -2.14. The first-order chi connectivity index (χ1) is 7.93. The van der Waals surface area contributed by atoms with Gasteiger partial charge < -0.3 is 9.84 Å². The van der Waals surface area contributed by atoms with Crippen molar-refractivity contribution in [2.75, 3.05) is 7.11 Å². The van der Waals surface area contributed by atoms with Crippen LogP contribution in [0, 0.1) is 10.1 Å². The van der Waals surface area contributed by atoms with Crippen LogP contribution in [0.1, 0.15) is 13.8 Å². The molecule has 17 heavy (non-hydrogen) atoms. The summed E-state index contributed by atoms with van der Waals surface area (Å²) in [7, 11) is 1.46. The molecule has 2 unspecified atom stereocenters. The summed E-state index contributed by atoms with van der Waals surface area (Å²) in [5.41, 5.74) is -0.00959. The van der Waals surface area contributed by atoms with E-state index in [0.29, 0.717) is 10.6 Å². The second-order valence-electron chi connectivity index (χ2n) is 3.69. The lowest BCUT2D eigenvalue weighted by molar-refractivity contribution is -0.385. The number of nitro benzene ring substituents is 1. The zero-order valence-electron chi connectivity index (χ0n) is 9.91. The number of thioether (sulfide) groups is 1. The first kappa shape index (κ1) is 13.8. The van der Waals surface area contributed by atoms with Crippen LogP contribution in [0.4, 0.5) is 5.69 Å². The highest BCUT2D eigenvalue weighted by Gasteiger charge is 2.15. The van der Waals surface area contributed by atoms with Crippen molar-refractivity contribution in [1.29, 1.82) is 0 Å². The minimum absolute atomic E-state index is 0.00959. The number of non-ortho nitro benzene ring substituents is 1. The lowest BCUT2D eigenvalue weighted by atomic mass is 10.3. The number of nitrogens with zero attached hydrogens (tertiary/aromatic N) is 1. The van der Waals surface area contributed by atoms with Gasteiger partial charge in [-0.25, -0.2) is 0 Å². The SMILES string of the molecule is COc1cc(SC(C)C(C)O)cc([N+](=O)[O-])c1. The number of rotatable bonds is 5. The van der Waals surface area contributed by atoms with Crippen molar-refractivity contribution >= 4 is 17.4 Å². The van der Waals surface area contributed by atoms with Gasteiger partial charge in [0.25, 0.3) is 5.69 Å². The fourth-order valence-electron chi connectivity index (χ4n) is 1.16. The predicted octanol–water partition coefficient (Wildman–Crippen LogP) is 2.46. The molecule has 0 saturated heterocycles. The minimum Gasteiger partial charge on any atom is -0.496 e. The van der Waals surface area contributed by atoms with Gasteiger partial charge >= 0.3 is 0 Å². The van der Waals surface area contributed by atoms with Gasteiger partial charge in [-0.3, -0.25) is 10.1 Å². The summed E-state index contributed by atoms with van der Waals surface area (Å²) in [5, 5.41) is 20.1. The molecule has 0 aliphatic carbocycles. The van der Waals surface area contributed by atoms with Crippen LogP contribution in [0.5, 0.6) is 5.75 Å². The number of aliphatic hydroxyl groups is 1. The summed E-state index contributed by atoms with van der Waals surface area (Å²) in [6.45, 7) is 3.55. The second-order valence-corrected chi connectivity index (χ2v) is 5.14. The predicted molar refractivity (Wildman–Crippen MR) is 66.6 cm³/mol. The summed E-state index contributed by atoms with van der Waals surface area (Å²) in [5.74, 6) is 0.444. The topological polar surface area (TPSA) is 72.6 Å². The van der Waals surface area contributed by atoms with E-state index in [1.165, 1.54) is 31.0 Å². The molecule has 1 aromatic rings. The van der Waals surface area contributed by atoms with Crippen LogP contribution in [-0.4, -0.2) is 28.5 Å². The first-order valence-electron chi connectivity index (χ1n) is 5.12. The second kappa shape index (κ2) is 5.88. The maximum atomic E-state index is 10.7. The molecule has 5 nitrogen and oxygen atoms in total. The Bertz CT molecular complexity index is 408. The molecule has 1 N–H and O–H groups in total. The van der Waals surface area contributed by atoms with Gasteiger partial charge in [-0.1, -0.05) is 6.92 Å². The van der Waals surface area contributed by atoms with Crippen LogP contribution in [0.2, 0.25) is 0 Å². The molecule has 1 rings (SSSR count). The molecule has 6 heteroatoms. The highest BCUT2D eigenvalue weighted by atomic mass is 32.2. The number of ether oxygens (including phenoxy) is 1. The Hall–Kier alpha value is -1.27. The fourth-order valence-corrected chi connectivity index (χ4v) is 2.16. The quantitative estimate of drug-likeness (QED) is 0.498. The van der Waals surface area contributed by atoms with Gasteiger partial charge in [-0.05, 0) is 13.0 Å². The van der Waals surface area contributed by atoms with Crippen molar-refractivity contribution in [3.05, 3.63) is 28.3 Å². The van der Waals surface area contributed by atoms with Crippen molar-refractivity contribution in [1.82, 2.24) is 0 Å². The van der Waals surface area contributed by atoms with E-state index in [1.807, 2.05) is 6.92 Å². The summed E-state index contributed by atoms with van der Waals surface area (Å²) < 4.78 is 5.01. The van der Waals surface area contributed by atoms with Gasteiger partial charge in [0.2, 0.25) is 0 Å². The summed E-state index contributed by atoms with van der Waals surface area (Å²) in [6.07, 6.45) is -0.481. The van der Waals surface area contributed by atoms with Crippen molar-refractivity contribution in [3.63, 3.8) is 0 Å². The van der Waals surface area contributed by atoms with E-state index >= 15 is 0 Å². The Morgan fingerprint density at radius 3 is 2.53 bits per heavy atom. The first-order valence-corrected chi connectivity index (χ1v) is 6.00. The lowest BCUT2D eigenvalue weighted by Crippen LogP contribution is -2.14. The molecule has 94 valence electrons. The molecular weight excluding hydrogens is 242 g/mol. The van der Waals surface area contributed by atoms with Crippen LogP contribution in [0.3, 0.4) is 0 Å². The van der Waals surface area contributed by atoms with Gasteiger partial charge in [-0.15, -0.1) is 11.8 Å². The molecule has 0 aromatic heterocycles. The van der Waals surface area contributed by atoms with Crippen molar-refractivity contribution in [3.8, 4) is 5.75 Å². The highest BCUT2D eigenvalue weighted by molar-refractivity contribution is 8.00. The number of hydrogen-bond donors (Lipinski definition) is 1. The molecule has 0 amide bonds. The van der Waals surface area contributed by atoms with Crippen molar-refractivity contribution < 1.29 is 14.8 Å². The Labute approximate surface area is 104 Å². The molecule has 0 aliphatic rings. The van der Waals surface area contributed by atoms with Gasteiger partial charge in [0.05, 0.1) is 24.2 Å². The molecule has 0 aliphatic heterocycles. The molecule has 0 saturated carbocycles. The van der Waals surface area contributed by atoms with Crippen LogP contribution in [0.25, 0.3) is 0 Å². The molecule has 0 spiro atoms. The van der Waals surface area contributed by atoms with Gasteiger partial charge in [0, 0.05) is 16.2 Å². The minimum atomic E-state index is -0.481. The molecule has 0 bridgehead atoms. The van der Waals surface area contributed by atoms with E-state index in [0.717, 1.165) is 0 Å². The number of nitro groups is 1. The Balaban J connectivity index is 2.98. The summed E-state index contributed by atoms with van der Waals surface area (Å²) >= 11 is 1.38. The average molecular weight is 257 g/mol. The fraction of sp³-hybridized carbons (Fsp3) is 0.455. The van der Waals surface area contributed by atoms with E-state index in [1.54, 1.807) is 13.0 Å². The number of methoxy groups -OCH3 is 1. The summed E-state index contributed by atoms with van der Waals surface area (Å²) in [6, 6.07) is 4.57. The van der Waals surface area contributed by atoms with Gasteiger partial charge in [-0.2, -0.15) is 0 Å². The molecule has 2 atom stereocenters. The van der Waals surface area contributed by atoms with Crippen LogP contribution < -0.4 is 4.74 Å². The number of benzene rings is 1. The maximum Gasteiger partial charge on any atom is 0.274 e. The van der Waals surface area contributed by atoms with Crippen molar-refractivity contribution in [2.24, 2.45) is 0 Å². The normalized spacial score (nSPS) is 14.1. The Kier molecular flexibility index (Phi) is 4.77. The van der Waals surface area contributed by atoms with Gasteiger partial charge in [0.15, 0.2) is 0 Å². The Morgan fingerprint density at radius 1 is 1.41 bits per heavy atom. The molecule has 0 radical (unpaired) electrons. The zero-order valence-corrected chi connectivity index (χ0v) is 10.7. The van der Waals surface area contributed by atoms with Crippen LogP contribution in [0.15, 0.2) is 23.1 Å². The zero-order chi connectivity index (χ0) is 13.0. The molecular formula is C11H15NO4S. The molecule has 0 fully saturated rings. The van der Waals surface area contributed by atoms with E-state index in [4.69, 9.17) is 4.74 Å². The standard InChI is InChI=1S/C11H15NO4S/c1-7(13)8(2)17-11-5-9(12(14)15)4-10(6-11)16-3/h4-8,13H,1-3H3. The smallest absolute Gasteiger partial charge is 0.274 e. The molecule has 1 aromatic carbocycles. The van der Waals surface area contributed by atoms with Crippen LogP contribution in [-0.2, 0) is 0 Å². The van der Waals surface area contributed by atoms with E-state index in [9.17, 15) is 15.2 Å². The Morgan fingerprint density at radius 2 is 2.06 bits per heavy atom. The number of aliphatic hydroxyl groups excluding tert-OH is 1. The van der Waals surface area contributed by atoms with E-state index in [-0.39, 0.29) is 10.9 Å². The van der Waals surface area contributed by atoms with Crippen LogP contribution >= 0.6 is 11.8 Å². The van der Waals surface area contributed by atoms with E-state index < -0.39 is 11.0 Å². The maximum absolute atomic E-state index is 10.7. The van der Waals surface area contributed by atoms with E-state index in [2.05, 4.69) is 0 Å².